The van der Waals surface area contributed by atoms with E-state index in [4.69, 9.17) is 0 Å². The number of rotatable bonds is 13. The summed E-state index contributed by atoms with van der Waals surface area (Å²) < 4.78 is 218. The molecule has 0 aromatic rings. The molecular formula is C18H18F16. The average Bonchev–Trinajstić information content (AvgIpc) is 2.67. The van der Waals surface area contributed by atoms with Crippen LogP contribution in [-0.4, -0.2) is 47.4 Å². The van der Waals surface area contributed by atoms with E-state index in [0.29, 0.717) is 12.2 Å². The van der Waals surface area contributed by atoms with Crippen LogP contribution < -0.4 is 0 Å². The summed E-state index contributed by atoms with van der Waals surface area (Å²) in [4.78, 5) is 0. The number of alkyl halides is 16. The van der Waals surface area contributed by atoms with E-state index in [9.17, 15) is 70.2 Å². The van der Waals surface area contributed by atoms with Gasteiger partial charge in [0.15, 0.2) is 0 Å². The quantitative estimate of drug-likeness (QED) is 0.163. The second-order valence-electron chi connectivity index (χ2n) is 7.07. The highest BCUT2D eigenvalue weighted by atomic mass is 19.4. The SMILES string of the molecule is CC=CCCC(F)(F)C(F)(F)C(F)(F)C(F)(F)C(F)(F)C(F)(F)C(F)(F)C(F)(F)CCC=CC. The number of halogens is 16. The van der Waals surface area contributed by atoms with Crippen molar-refractivity contribution in [1.29, 1.82) is 0 Å². The second kappa shape index (κ2) is 9.78. The summed E-state index contributed by atoms with van der Waals surface area (Å²) in [6.45, 7) is 2.24. The monoisotopic (exact) mass is 538 g/mol. The van der Waals surface area contributed by atoms with Gasteiger partial charge < -0.3 is 0 Å². The molecule has 16 heteroatoms. The van der Waals surface area contributed by atoms with Gasteiger partial charge in [0.1, 0.15) is 0 Å². The van der Waals surface area contributed by atoms with Crippen LogP contribution in [0.1, 0.15) is 39.5 Å². The van der Waals surface area contributed by atoms with E-state index >= 15 is 0 Å². The topological polar surface area (TPSA) is 0 Å². The highest BCUT2D eigenvalue weighted by Crippen LogP contribution is 2.64. The van der Waals surface area contributed by atoms with Crippen molar-refractivity contribution in [3.8, 4) is 0 Å². The molecule has 0 heterocycles. The average molecular weight is 538 g/mol. The molecule has 202 valence electrons. The molecule has 0 radical (unpaired) electrons. The summed E-state index contributed by atoms with van der Waals surface area (Å²) in [5.74, 6) is -60.4. The molecule has 0 atom stereocenters. The minimum absolute atomic E-state index is 0.638. The third-order valence-corrected chi connectivity index (χ3v) is 4.61. The highest BCUT2D eigenvalue weighted by molar-refractivity contribution is 5.16. The maximum Gasteiger partial charge on any atom is 0.384 e. The Hall–Kier alpha value is -1.64. The number of hydrogen-bond acceptors (Lipinski definition) is 0. The molecule has 34 heavy (non-hydrogen) atoms. The van der Waals surface area contributed by atoms with Gasteiger partial charge in [-0.25, -0.2) is 0 Å². The Morgan fingerprint density at radius 3 is 0.794 bits per heavy atom. The molecule has 0 N–H and O–H groups in total. The van der Waals surface area contributed by atoms with Crippen LogP contribution >= 0.6 is 0 Å². The van der Waals surface area contributed by atoms with Gasteiger partial charge in [0.05, 0.1) is 0 Å². The van der Waals surface area contributed by atoms with E-state index in [1.807, 2.05) is 0 Å². The van der Waals surface area contributed by atoms with E-state index in [2.05, 4.69) is 0 Å². The first-order valence-electron chi connectivity index (χ1n) is 9.12. The third kappa shape index (κ3) is 4.86. The van der Waals surface area contributed by atoms with Crippen LogP contribution in [0.3, 0.4) is 0 Å². The van der Waals surface area contributed by atoms with Crippen LogP contribution in [0.25, 0.3) is 0 Å². The van der Waals surface area contributed by atoms with E-state index in [1.54, 1.807) is 0 Å². The van der Waals surface area contributed by atoms with Gasteiger partial charge >= 0.3 is 47.4 Å². The highest BCUT2D eigenvalue weighted by Gasteiger charge is 2.94. The summed E-state index contributed by atoms with van der Waals surface area (Å²) in [5, 5.41) is 0. The fraction of sp³-hybridized carbons (Fsp3) is 0.778. The lowest BCUT2D eigenvalue weighted by atomic mass is 9.86. The molecule has 0 aromatic heterocycles. The lowest BCUT2D eigenvalue weighted by molar-refractivity contribution is -0.453. The Bertz CT molecular complexity index is 670. The van der Waals surface area contributed by atoms with Crippen molar-refractivity contribution < 1.29 is 70.2 Å². The molecule has 0 spiro atoms. The van der Waals surface area contributed by atoms with Gasteiger partial charge in [-0.2, -0.15) is 70.2 Å². The Morgan fingerprint density at radius 2 is 0.588 bits per heavy atom. The van der Waals surface area contributed by atoms with Crippen molar-refractivity contribution in [3.63, 3.8) is 0 Å². The largest absolute Gasteiger partial charge is 0.384 e. The molecule has 0 rings (SSSR count). The molecule has 0 saturated heterocycles. The van der Waals surface area contributed by atoms with Crippen LogP contribution in [0.5, 0.6) is 0 Å². The van der Waals surface area contributed by atoms with Crippen LogP contribution in [0.2, 0.25) is 0 Å². The van der Waals surface area contributed by atoms with Crippen LogP contribution in [0.4, 0.5) is 70.2 Å². The fourth-order valence-corrected chi connectivity index (χ4v) is 2.42. The second-order valence-corrected chi connectivity index (χ2v) is 7.07. The lowest BCUT2D eigenvalue weighted by Crippen LogP contribution is -2.74. The molecule has 0 fully saturated rings. The van der Waals surface area contributed by atoms with Gasteiger partial charge in [0.2, 0.25) is 0 Å². The summed E-state index contributed by atoms with van der Waals surface area (Å²) in [6.07, 6.45) is -4.07. The van der Waals surface area contributed by atoms with E-state index in [-0.39, 0.29) is 0 Å². The molecule has 0 aromatic carbocycles. The van der Waals surface area contributed by atoms with Crippen LogP contribution in [-0.2, 0) is 0 Å². The van der Waals surface area contributed by atoms with Gasteiger partial charge in [0, 0.05) is 12.8 Å². The first-order valence-corrected chi connectivity index (χ1v) is 9.12. The smallest absolute Gasteiger partial charge is 0.200 e. The van der Waals surface area contributed by atoms with Gasteiger partial charge in [-0.05, 0) is 26.7 Å². The fourth-order valence-electron chi connectivity index (χ4n) is 2.42. The Kier molecular flexibility index (Phi) is 9.31. The molecule has 0 unspecified atom stereocenters. The van der Waals surface area contributed by atoms with Gasteiger partial charge in [-0.1, -0.05) is 24.3 Å². The predicted octanol–water partition coefficient (Wildman–Crippen LogP) is 8.78. The Labute approximate surface area is 182 Å². The lowest BCUT2D eigenvalue weighted by Gasteiger charge is -2.43. The zero-order valence-corrected chi connectivity index (χ0v) is 17.2. The summed E-state index contributed by atoms with van der Waals surface area (Å²) in [6, 6.07) is 0. The third-order valence-electron chi connectivity index (χ3n) is 4.61. The van der Waals surface area contributed by atoms with Crippen molar-refractivity contribution >= 4 is 0 Å². The first kappa shape index (κ1) is 32.4. The molecule has 0 aliphatic rings. The van der Waals surface area contributed by atoms with E-state index in [1.165, 1.54) is 0 Å². The molecule has 0 aliphatic heterocycles. The molecule has 0 saturated carbocycles. The van der Waals surface area contributed by atoms with Crippen molar-refractivity contribution in [1.82, 2.24) is 0 Å². The standard InChI is InChI=1S/C18H18F16/c1-3-5-7-9-11(19,20)13(23,24)15(27,28)17(31,32)18(33,34)16(29,30)14(25,26)12(21,22)10-8-6-4-2/h3-6H,7-10H2,1-2H3. The molecule has 0 amide bonds. The van der Waals surface area contributed by atoms with Crippen LogP contribution in [0.15, 0.2) is 24.3 Å². The van der Waals surface area contributed by atoms with Crippen molar-refractivity contribution in [2.45, 2.75) is 86.9 Å². The predicted molar refractivity (Wildman–Crippen MR) is 87.7 cm³/mol. The molecule has 0 aliphatic carbocycles. The maximum atomic E-state index is 13.7. The zero-order chi connectivity index (χ0) is 27.7. The minimum atomic E-state index is -8.36. The van der Waals surface area contributed by atoms with Gasteiger partial charge in [0.25, 0.3) is 0 Å². The van der Waals surface area contributed by atoms with Crippen molar-refractivity contribution in [2.24, 2.45) is 0 Å². The molecule has 0 nitrogen and oxygen atoms in total. The maximum absolute atomic E-state index is 13.7. The molecular weight excluding hydrogens is 520 g/mol. The normalized spacial score (nSPS) is 16.2. The summed E-state index contributed by atoms with van der Waals surface area (Å²) in [5.41, 5.74) is 0. The van der Waals surface area contributed by atoms with Crippen molar-refractivity contribution in [2.75, 3.05) is 0 Å². The number of hydrogen-bond donors (Lipinski definition) is 0. The Morgan fingerprint density at radius 1 is 0.382 bits per heavy atom. The minimum Gasteiger partial charge on any atom is -0.200 e. The van der Waals surface area contributed by atoms with Gasteiger partial charge in [-0.15, -0.1) is 0 Å². The summed E-state index contributed by atoms with van der Waals surface area (Å²) >= 11 is 0. The van der Waals surface area contributed by atoms with E-state index in [0.717, 1.165) is 26.0 Å². The van der Waals surface area contributed by atoms with Crippen molar-refractivity contribution in [3.05, 3.63) is 24.3 Å². The van der Waals surface area contributed by atoms with E-state index < -0.39 is 73.1 Å². The zero-order valence-electron chi connectivity index (χ0n) is 17.2. The summed E-state index contributed by atoms with van der Waals surface area (Å²) in [7, 11) is 0. The van der Waals surface area contributed by atoms with Gasteiger partial charge in [-0.3, -0.25) is 0 Å². The van der Waals surface area contributed by atoms with Crippen LogP contribution in [0, 0.1) is 0 Å². The number of allylic oxidation sites excluding steroid dienone is 4. The first-order chi connectivity index (χ1) is 14.9. The Balaban J connectivity index is 6.57. The molecule has 0 bridgehead atoms.